The smallest absolute Gasteiger partial charge is 0.423 e. The van der Waals surface area contributed by atoms with Gasteiger partial charge in [-0.05, 0) is 30.1 Å². The molecule has 0 aliphatic carbocycles. The second-order valence-electron chi connectivity index (χ2n) is 6.84. The normalized spacial score (nSPS) is 11.0. The van der Waals surface area contributed by atoms with Crippen LogP contribution in [0.1, 0.15) is 24.0 Å². The molecule has 0 bridgehead atoms. The molecule has 4 rings (SSSR count). The van der Waals surface area contributed by atoms with Crippen molar-refractivity contribution in [1.29, 1.82) is 0 Å². The van der Waals surface area contributed by atoms with E-state index in [0.29, 0.717) is 36.1 Å². The number of benzene rings is 2. The van der Waals surface area contributed by atoms with Crippen LogP contribution in [0.25, 0.3) is 16.9 Å². The first-order valence-electron chi connectivity index (χ1n) is 9.57. The molecule has 4 aromatic rings. The Balaban J connectivity index is 1.77. The third-order valence-corrected chi connectivity index (χ3v) is 4.82. The fourth-order valence-corrected chi connectivity index (χ4v) is 3.40. The molecule has 0 aliphatic heterocycles. The fourth-order valence-electron chi connectivity index (χ4n) is 3.40. The number of rotatable bonds is 6. The SMILES string of the molecule is CCc1nc(NCc2ccccc2)nc(-n2c(C)cc3c(B(O)O)cccc32)n1. The monoisotopic (exact) mass is 387 g/mol. The molecule has 0 aliphatic rings. The van der Waals surface area contributed by atoms with Crippen LogP contribution in [0, 0.1) is 6.92 Å². The molecular formula is C21H22BN5O2. The molecule has 7 nitrogen and oxygen atoms in total. The number of hydrogen-bond acceptors (Lipinski definition) is 6. The maximum Gasteiger partial charge on any atom is 0.489 e. The van der Waals surface area contributed by atoms with Gasteiger partial charge in [0, 0.05) is 24.0 Å². The Bertz CT molecular complexity index is 1140. The third kappa shape index (κ3) is 3.85. The van der Waals surface area contributed by atoms with E-state index in [1.54, 1.807) is 12.1 Å². The van der Waals surface area contributed by atoms with Gasteiger partial charge in [0.05, 0.1) is 5.52 Å². The minimum Gasteiger partial charge on any atom is -0.423 e. The van der Waals surface area contributed by atoms with Crippen molar-refractivity contribution in [1.82, 2.24) is 19.5 Å². The van der Waals surface area contributed by atoms with Crippen LogP contribution in [0.5, 0.6) is 0 Å². The van der Waals surface area contributed by atoms with Gasteiger partial charge in [-0.1, -0.05) is 49.4 Å². The standard InChI is InChI=1S/C21H22BN5O2/c1-3-19-24-20(23-13-15-8-5-4-6-9-15)26-21(25-19)27-14(2)12-16-17(22(28)29)10-7-11-18(16)27/h4-12,28-29H,3,13H2,1-2H3,(H,23,24,25,26). The molecule has 146 valence electrons. The lowest BCUT2D eigenvalue weighted by molar-refractivity contribution is 0.426. The minimum absolute atomic E-state index is 0.455. The number of nitrogens with zero attached hydrogens (tertiary/aromatic N) is 4. The first-order chi connectivity index (χ1) is 14.1. The molecule has 29 heavy (non-hydrogen) atoms. The zero-order chi connectivity index (χ0) is 20.4. The largest absolute Gasteiger partial charge is 0.489 e. The maximum atomic E-state index is 9.69. The van der Waals surface area contributed by atoms with Gasteiger partial charge in [-0.25, -0.2) is 0 Å². The van der Waals surface area contributed by atoms with Crippen LogP contribution >= 0.6 is 0 Å². The van der Waals surface area contributed by atoms with Gasteiger partial charge < -0.3 is 15.4 Å². The molecule has 0 saturated heterocycles. The van der Waals surface area contributed by atoms with E-state index in [0.717, 1.165) is 22.2 Å². The topological polar surface area (TPSA) is 96.1 Å². The zero-order valence-corrected chi connectivity index (χ0v) is 16.4. The summed E-state index contributed by atoms with van der Waals surface area (Å²) < 4.78 is 1.91. The first kappa shape index (κ1) is 19.1. The second kappa shape index (κ2) is 8.02. The van der Waals surface area contributed by atoms with Crippen LogP contribution in [-0.4, -0.2) is 36.7 Å². The molecular weight excluding hydrogens is 365 g/mol. The van der Waals surface area contributed by atoms with Crippen molar-refractivity contribution in [2.45, 2.75) is 26.8 Å². The summed E-state index contributed by atoms with van der Waals surface area (Å²) in [4.78, 5) is 13.7. The maximum absolute atomic E-state index is 9.69. The summed E-state index contributed by atoms with van der Waals surface area (Å²) in [6, 6.07) is 17.4. The van der Waals surface area contributed by atoms with Crippen LogP contribution < -0.4 is 10.8 Å². The van der Waals surface area contributed by atoms with Crippen molar-refractivity contribution < 1.29 is 10.0 Å². The predicted molar refractivity (Wildman–Crippen MR) is 114 cm³/mol. The minimum atomic E-state index is -1.54. The van der Waals surface area contributed by atoms with Crippen molar-refractivity contribution in [2.75, 3.05) is 5.32 Å². The summed E-state index contributed by atoms with van der Waals surface area (Å²) in [6.07, 6.45) is 0.675. The number of nitrogens with one attached hydrogen (secondary N) is 1. The molecule has 0 unspecified atom stereocenters. The van der Waals surface area contributed by atoms with Crippen molar-refractivity contribution in [2.24, 2.45) is 0 Å². The lowest BCUT2D eigenvalue weighted by atomic mass is 9.78. The molecule has 3 N–H and O–H groups in total. The van der Waals surface area contributed by atoms with E-state index in [2.05, 4.69) is 20.3 Å². The van der Waals surface area contributed by atoms with Gasteiger partial charge in [0.2, 0.25) is 11.9 Å². The van der Waals surface area contributed by atoms with Gasteiger partial charge in [-0.3, -0.25) is 4.57 Å². The molecule has 8 heteroatoms. The lowest BCUT2D eigenvalue weighted by Crippen LogP contribution is -2.30. The van der Waals surface area contributed by atoms with Gasteiger partial charge in [0.25, 0.3) is 0 Å². The molecule has 2 heterocycles. The Labute approximate surface area is 169 Å². The van der Waals surface area contributed by atoms with Crippen LogP contribution in [0.2, 0.25) is 0 Å². The summed E-state index contributed by atoms with van der Waals surface area (Å²) in [6.45, 7) is 4.56. The van der Waals surface area contributed by atoms with E-state index in [-0.39, 0.29) is 0 Å². The second-order valence-corrected chi connectivity index (χ2v) is 6.84. The van der Waals surface area contributed by atoms with Crippen LogP contribution in [0.4, 0.5) is 5.95 Å². The highest BCUT2D eigenvalue weighted by Crippen LogP contribution is 2.22. The van der Waals surface area contributed by atoms with Crippen molar-refractivity contribution in [3.05, 3.63) is 71.7 Å². The average Bonchev–Trinajstić information content (AvgIpc) is 3.08. The van der Waals surface area contributed by atoms with Gasteiger partial charge >= 0.3 is 7.12 Å². The summed E-state index contributed by atoms with van der Waals surface area (Å²) in [5.74, 6) is 1.70. The highest BCUT2D eigenvalue weighted by Gasteiger charge is 2.19. The molecule has 0 atom stereocenters. The highest BCUT2D eigenvalue weighted by molar-refractivity contribution is 6.61. The van der Waals surface area contributed by atoms with E-state index in [9.17, 15) is 10.0 Å². The van der Waals surface area contributed by atoms with Crippen LogP contribution in [-0.2, 0) is 13.0 Å². The number of fused-ring (bicyclic) bond motifs is 1. The molecule has 0 spiro atoms. The predicted octanol–water partition coefficient (Wildman–Crippen LogP) is 1.98. The molecule has 0 amide bonds. The van der Waals surface area contributed by atoms with Gasteiger partial charge in [0.1, 0.15) is 5.82 Å². The number of hydrogen-bond donors (Lipinski definition) is 3. The summed E-state index contributed by atoms with van der Waals surface area (Å²) >= 11 is 0. The van der Waals surface area contributed by atoms with Crippen molar-refractivity contribution >= 4 is 29.4 Å². The fraction of sp³-hybridized carbons (Fsp3) is 0.190. The van der Waals surface area contributed by atoms with E-state index in [4.69, 9.17) is 0 Å². The number of aryl methyl sites for hydroxylation is 2. The Kier molecular flexibility index (Phi) is 5.29. The Morgan fingerprint density at radius 2 is 1.79 bits per heavy atom. The Morgan fingerprint density at radius 1 is 1.00 bits per heavy atom. The Morgan fingerprint density at radius 3 is 2.52 bits per heavy atom. The molecule has 2 aromatic carbocycles. The summed E-state index contributed by atoms with van der Waals surface area (Å²) in [5, 5.41) is 23.4. The quantitative estimate of drug-likeness (QED) is 0.438. The van der Waals surface area contributed by atoms with Gasteiger partial charge in [-0.2, -0.15) is 15.0 Å². The lowest BCUT2D eigenvalue weighted by Gasteiger charge is -2.11. The van der Waals surface area contributed by atoms with E-state index < -0.39 is 7.12 Å². The molecule has 0 fully saturated rings. The average molecular weight is 387 g/mol. The van der Waals surface area contributed by atoms with Crippen molar-refractivity contribution in [3.8, 4) is 5.95 Å². The van der Waals surface area contributed by atoms with E-state index in [1.807, 2.05) is 60.9 Å². The van der Waals surface area contributed by atoms with Crippen molar-refractivity contribution in [3.63, 3.8) is 0 Å². The Hall–Kier alpha value is -3.23. The van der Waals surface area contributed by atoms with Gasteiger partial charge in [-0.15, -0.1) is 0 Å². The summed E-state index contributed by atoms with van der Waals surface area (Å²) in [5.41, 5.74) is 3.30. The van der Waals surface area contributed by atoms with Gasteiger partial charge in [0.15, 0.2) is 0 Å². The molecule has 0 saturated carbocycles. The highest BCUT2D eigenvalue weighted by atomic mass is 16.4. The first-order valence-corrected chi connectivity index (χ1v) is 9.57. The van der Waals surface area contributed by atoms with Crippen LogP contribution in [0.3, 0.4) is 0 Å². The molecule has 0 radical (unpaired) electrons. The summed E-state index contributed by atoms with van der Waals surface area (Å²) in [7, 11) is -1.54. The number of aromatic nitrogens is 4. The molecule has 2 aromatic heterocycles. The zero-order valence-electron chi connectivity index (χ0n) is 16.4. The van der Waals surface area contributed by atoms with E-state index >= 15 is 0 Å². The van der Waals surface area contributed by atoms with E-state index in [1.165, 1.54) is 0 Å². The number of anilines is 1. The van der Waals surface area contributed by atoms with Crippen LogP contribution in [0.15, 0.2) is 54.6 Å². The third-order valence-electron chi connectivity index (χ3n) is 4.82.